The molecule has 0 unspecified atom stereocenters. The first-order valence-corrected chi connectivity index (χ1v) is 9.88. The lowest BCUT2D eigenvalue weighted by Gasteiger charge is -2.33. The summed E-state index contributed by atoms with van der Waals surface area (Å²) in [7, 11) is 1.88. The van der Waals surface area contributed by atoms with E-state index in [-0.39, 0.29) is 6.04 Å². The molecule has 4 nitrogen and oxygen atoms in total. The summed E-state index contributed by atoms with van der Waals surface area (Å²) in [5, 5.41) is 6.13. The summed E-state index contributed by atoms with van der Waals surface area (Å²) in [5.74, 6) is 0. The average Bonchev–Trinajstić information content (AvgIpc) is 3.25. The van der Waals surface area contributed by atoms with Gasteiger partial charge in [0.15, 0.2) is 0 Å². The number of rotatable bonds is 4. The van der Waals surface area contributed by atoms with Gasteiger partial charge in [-0.2, -0.15) is 13.2 Å². The number of alkyl halides is 4. The van der Waals surface area contributed by atoms with E-state index in [0.717, 1.165) is 6.54 Å². The van der Waals surface area contributed by atoms with Gasteiger partial charge < -0.3 is 14.8 Å². The van der Waals surface area contributed by atoms with Crippen LogP contribution < -0.4 is 5.32 Å². The molecule has 1 fully saturated rings. The molecule has 0 radical (unpaired) electrons. The highest BCUT2D eigenvalue weighted by Crippen LogP contribution is 2.36. The van der Waals surface area contributed by atoms with Crippen molar-refractivity contribution in [1.82, 2.24) is 14.5 Å². The average molecular weight is 412 g/mol. The van der Waals surface area contributed by atoms with E-state index in [1.54, 1.807) is 35.8 Å². The second-order valence-electron chi connectivity index (χ2n) is 7.12. The lowest BCUT2D eigenvalue weighted by molar-refractivity contribution is -0.139. The number of hydrogen-bond acceptors (Lipinski definition) is 4. The number of nitrogens with one attached hydrogen (secondary N) is 1. The van der Waals surface area contributed by atoms with Crippen molar-refractivity contribution in [2.24, 2.45) is 0 Å². The zero-order chi connectivity index (χ0) is 19.9. The van der Waals surface area contributed by atoms with Crippen LogP contribution in [0.5, 0.6) is 0 Å². The van der Waals surface area contributed by atoms with Crippen LogP contribution in [0.25, 0.3) is 21.6 Å². The first-order chi connectivity index (χ1) is 13.3. The first-order valence-electron chi connectivity index (χ1n) is 9.00. The molecule has 1 aliphatic heterocycles. The van der Waals surface area contributed by atoms with Crippen LogP contribution in [0, 0.1) is 0 Å². The molecular formula is C19H20F4N4S. The molecule has 28 heavy (non-hydrogen) atoms. The van der Waals surface area contributed by atoms with Crippen molar-refractivity contribution in [3.63, 3.8) is 0 Å². The Balaban J connectivity index is 1.76. The Labute approximate surface area is 163 Å². The molecule has 1 saturated heterocycles. The zero-order valence-corrected chi connectivity index (χ0v) is 16.0. The van der Waals surface area contributed by atoms with Crippen molar-refractivity contribution < 1.29 is 17.6 Å². The monoisotopic (exact) mass is 412 g/mol. The van der Waals surface area contributed by atoms with E-state index >= 15 is 0 Å². The molecule has 0 aliphatic carbocycles. The zero-order valence-electron chi connectivity index (χ0n) is 15.2. The van der Waals surface area contributed by atoms with Crippen LogP contribution in [0.2, 0.25) is 0 Å². The molecule has 3 heterocycles. The number of nitrogens with zero attached hydrogens (tertiary/aromatic N) is 3. The third kappa shape index (κ3) is 3.86. The minimum Gasteiger partial charge on any atom is -0.379 e. The summed E-state index contributed by atoms with van der Waals surface area (Å²) >= 11 is 1.29. The van der Waals surface area contributed by atoms with Crippen molar-refractivity contribution in [2.75, 3.05) is 25.5 Å². The fourth-order valence-corrected chi connectivity index (χ4v) is 4.37. The van der Waals surface area contributed by atoms with Gasteiger partial charge in [0, 0.05) is 35.7 Å². The summed E-state index contributed by atoms with van der Waals surface area (Å²) in [6.45, 7) is 0.00936. The smallest absolute Gasteiger partial charge is 0.379 e. The molecule has 2 atom stereocenters. The number of fused-ring (bicyclic) bond motifs is 1. The van der Waals surface area contributed by atoms with Crippen LogP contribution in [-0.4, -0.2) is 53.0 Å². The van der Waals surface area contributed by atoms with Crippen LogP contribution in [0.15, 0.2) is 35.8 Å². The molecule has 1 aromatic carbocycles. The quantitative estimate of drug-likeness (QED) is 0.626. The fourth-order valence-electron chi connectivity index (χ4n) is 3.71. The number of hydrogen-bond donors (Lipinski definition) is 1. The van der Waals surface area contributed by atoms with Gasteiger partial charge in [-0.05, 0) is 31.7 Å². The van der Waals surface area contributed by atoms with E-state index in [1.165, 1.54) is 15.9 Å². The molecule has 0 saturated carbocycles. The van der Waals surface area contributed by atoms with Gasteiger partial charge in [-0.3, -0.25) is 0 Å². The minimum absolute atomic E-state index is 0.340. The van der Waals surface area contributed by atoms with E-state index < -0.39 is 18.9 Å². The van der Waals surface area contributed by atoms with Crippen molar-refractivity contribution in [2.45, 2.75) is 31.4 Å². The number of piperidine rings is 1. The summed E-state index contributed by atoms with van der Waals surface area (Å²) in [6.07, 6.45) is -3.19. The Morgan fingerprint density at radius 3 is 2.82 bits per heavy atom. The van der Waals surface area contributed by atoms with Crippen molar-refractivity contribution in [3.05, 3.63) is 35.8 Å². The molecule has 1 aliphatic rings. The molecule has 2 aromatic heterocycles. The van der Waals surface area contributed by atoms with Gasteiger partial charge in [0.1, 0.15) is 17.7 Å². The molecule has 150 valence electrons. The molecule has 3 aromatic rings. The number of thiazole rings is 1. The van der Waals surface area contributed by atoms with Gasteiger partial charge in [0.05, 0.1) is 17.3 Å². The van der Waals surface area contributed by atoms with Gasteiger partial charge >= 0.3 is 6.18 Å². The Kier molecular flexibility index (Phi) is 5.05. The van der Waals surface area contributed by atoms with E-state index in [2.05, 4.69) is 10.3 Å². The molecule has 1 N–H and O–H groups in total. The Morgan fingerprint density at radius 2 is 2.14 bits per heavy atom. The molecule has 0 spiro atoms. The van der Waals surface area contributed by atoms with Crippen LogP contribution >= 0.6 is 11.3 Å². The largest absolute Gasteiger partial charge is 0.406 e. The van der Waals surface area contributed by atoms with Gasteiger partial charge in [-0.25, -0.2) is 9.37 Å². The topological polar surface area (TPSA) is 33.1 Å². The first kappa shape index (κ1) is 19.2. The molecular weight excluding hydrogens is 392 g/mol. The predicted octanol–water partition coefficient (Wildman–Crippen LogP) is 4.78. The van der Waals surface area contributed by atoms with E-state index in [9.17, 15) is 17.6 Å². The Hall–Kier alpha value is -2.13. The third-order valence-corrected chi connectivity index (χ3v) is 5.82. The lowest BCUT2D eigenvalue weighted by Crippen LogP contribution is -2.46. The van der Waals surface area contributed by atoms with E-state index in [0.29, 0.717) is 40.3 Å². The van der Waals surface area contributed by atoms with Crippen LogP contribution in [0.4, 0.5) is 23.2 Å². The van der Waals surface area contributed by atoms with E-state index in [4.69, 9.17) is 0 Å². The Bertz CT molecular complexity index is 951. The van der Waals surface area contributed by atoms with Gasteiger partial charge in [0.25, 0.3) is 0 Å². The van der Waals surface area contributed by atoms with Crippen LogP contribution in [0.1, 0.15) is 6.42 Å². The highest BCUT2D eigenvalue weighted by Gasteiger charge is 2.31. The number of halogens is 4. The minimum atomic E-state index is -4.36. The van der Waals surface area contributed by atoms with Gasteiger partial charge in [0.2, 0.25) is 0 Å². The maximum absolute atomic E-state index is 14.4. The van der Waals surface area contributed by atoms with E-state index in [1.807, 2.05) is 11.9 Å². The van der Waals surface area contributed by atoms with Crippen LogP contribution in [-0.2, 0) is 6.54 Å². The summed E-state index contributed by atoms with van der Waals surface area (Å²) < 4.78 is 55.4. The van der Waals surface area contributed by atoms with Crippen LogP contribution in [0.3, 0.4) is 0 Å². The maximum atomic E-state index is 14.4. The maximum Gasteiger partial charge on any atom is 0.406 e. The highest BCUT2D eigenvalue weighted by atomic mass is 32.1. The second-order valence-corrected chi connectivity index (χ2v) is 8.02. The molecule has 0 bridgehead atoms. The lowest BCUT2D eigenvalue weighted by atomic mass is 10.0. The number of aromatic nitrogens is 2. The third-order valence-electron chi connectivity index (χ3n) is 5.02. The number of likely N-dealkylation sites (tertiary alicyclic amines) is 1. The summed E-state index contributed by atoms with van der Waals surface area (Å²) in [6, 6.07) is 6.49. The SMILES string of the molecule is CN1CC[C@H](Nc2cccc3c2cc(-c2nccs2)n3CC(F)(F)F)[C@H](F)C1. The standard InChI is InChI=1S/C19H20F4N4S/c1-26-7-5-15(13(20)10-26)25-14-3-2-4-16-12(14)9-17(18-24-6-8-28-18)27(16)11-19(21,22)23/h2-4,6,8-9,13,15,25H,5,7,10-11H2,1H3/t13-,15+/m1/s1. The molecule has 9 heteroatoms. The van der Waals surface area contributed by atoms with Crippen molar-refractivity contribution in [1.29, 1.82) is 0 Å². The van der Waals surface area contributed by atoms with Crippen molar-refractivity contribution >= 4 is 27.9 Å². The van der Waals surface area contributed by atoms with Gasteiger partial charge in [-0.15, -0.1) is 11.3 Å². The molecule has 0 amide bonds. The normalized spacial score (nSPS) is 21.3. The van der Waals surface area contributed by atoms with Gasteiger partial charge in [-0.1, -0.05) is 6.07 Å². The highest BCUT2D eigenvalue weighted by molar-refractivity contribution is 7.13. The summed E-state index contributed by atoms with van der Waals surface area (Å²) in [4.78, 5) is 6.12. The number of anilines is 1. The second kappa shape index (κ2) is 7.36. The predicted molar refractivity (Wildman–Crippen MR) is 104 cm³/mol. The molecule has 4 rings (SSSR count). The van der Waals surface area contributed by atoms with Crippen molar-refractivity contribution in [3.8, 4) is 10.7 Å². The Morgan fingerprint density at radius 1 is 1.32 bits per heavy atom. The fraction of sp³-hybridized carbons (Fsp3) is 0.421. The summed E-state index contributed by atoms with van der Waals surface area (Å²) in [5.41, 5.74) is 1.51. The number of benzene rings is 1.